The predicted molar refractivity (Wildman–Crippen MR) is 73.8 cm³/mol. The Morgan fingerprint density at radius 1 is 1.28 bits per heavy atom. The van der Waals surface area contributed by atoms with Gasteiger partial charge in [0, 0.05) is 23.4 Å². The Hall–Kier alpha value is -1.33. The van der Waals surface area contributed by atoms with Crippen molar-refractivity contribution < 1.29 is 4.52 Å². The molecule has 0 saturated heterocycles. The summed E-state index contributed by atoms with van der Waals surface area (Å²) in [5.41, 5.74) is 0.992. The lowest BCUT2D eigenvalue weighted by Gasteiger charge is -1.97. The van der Waals surface area contributed by atoms with Crippen molar-refractivity contribution in [3.8, 4) is 11.4 Å². The Morgan fingerprint density at radius 2 is 2.06 bits per heavy atom. The third-order valence-electron chi connectivity index (χ3n) is 2.58. The molecule has 5 heteroatoms. The van der Waals surface area contributed by atoms with Gasteiger partial charge in [-0.25, -0.2) is 0 Å². The first-order chi connectivity index (χ1) is 8.83. The van der Waals surface area contributed by atoms with E-state index in [9.17, 15) is 0 Å². The van der Waals surface area contributed by atoms with E-state index in [1.165, 1.54) is 4.90 Å². The van der Waals surface area contributed by atoms with Gasteiger partial charge in [-0.1, -0.05) is 12.1 Å². The van der Waals surface area contributed by atoms with E-state index in [1.807, 2.05) is 12.1 Å². The Balaban J connectivity index is 2.04. The fraction of sp³-hybridized carbons (Fsp3) is 0.385. The molecular weight excluding hydrogens is 246 g/mol. The van der Waals surface area contributed by atoms with Crippen molar-refractivity contribution in [3.63, 3.8) is 0 Å². The molecule has 0 amide bonds. The summed E-state index contributed by atoms with van der Waals surface area (Å²) in [6, 6.07) is 8.17. The summed E-state index contributed by atoms with van der Waals surface area (Å²) in [5, 5.41) is 7.23. The largest absolute Gasteiger partial charge is 0.339 e. The molecule has 1 aromatic carbocycles. The minimum absolute atomic E-state index is 0.661. The van der Waals surface area contributed by atoms with Crippen LogP contribution in [0.15, 0.2) is 33.7 Å². The molecule has 0 bridgehead atoms. The number of thioether (sulfide) groups is 1. The van der Waals surface area contributed by atoms with Gasteiger partial charge in [0.25, 0.3) is 0 Å². The van der Waals surface area contributed by atoms with Crippen LogP contribution in [0.2, 0.25) is 0 Å². The maximum Gasteiger partial charge on any atom is 0.228 e. The monoisotopic (exact) mass is 263 g/mol. The van der Waals surface area contributed by atoms with E-state index in [-0.39, 0.29) is 0 Å². The molecule has 0 aliphatic heterocycles. The number of nitrogens with one attached hydrogen (secondary N) is 1. The second kappa shape index (κ2) is 6.56. The normalized spacial score (nSPS) is 10.8. The Labute approximate surface area is 111 Å². The molecule has 1 heterocycles. The minimum Gasteiger partial charge on any atom is -0.339 e. The highest BCUT2D eigenvalue weighted by Crippen LogP contribution is 2.20. The molecule has 0 radical (unpaired) electrons. The quantitative estimate of drug-likeness (QED) is 0.641. The van der Waals surface area contributed by atoms with E-state index in [0.29, 0.717) is 11.7 Å². The zero-order chi connectivity index (χ0) is 12.8. The van der Waals surface area contributed by atoms with Crippen molar-refractivity contribution in [1.29, 1.82) is 0 Å². The van der Waals surface area contributed by atoms with Gasteiger partial charge in [0.1, 0.15) is 0 Å². The van der Waals surface area contributed by atoms with Gasteiger partial charge in [-0.3, -0.25) is 0 Å². The Kier molecular flexibility index (Phi) is 4.78. The standard InChI is InChI=1S/C13H17N3OS/c1-3-14-9-8-12-15-13(16-17-12)10-4-6-11(18-2)7-5-10/h4-7,14H,3,8-9H2,1-2H3. The zero-order valence-corrected chi connectivity index (χ0v) is 11.5. The first-order valence-electron chi connectivity index (χ1n) is 6.01. The number of benzene rings is 1. The fourth-order valence-electron chi connectivity index (χ4n) is 1.59. The van der Waals surface area contributed by atoms with Gasteiger partial charge in [0.15, 0.2) is 0 Å². The predicted octanol–water partition coefficient (Wildman–Crippen LogP) is 2.61. The zero-order valence-electron chi connectivity index (χ0n) is 10.6. The SMILES string of the molecule is CCNCCc1nc(-c2ccc(SC)cc2)no1. The molecule has 0 aliphatic rings. The van der Waals surface area contributed by atoms with Gasteiger partial charge < -0.3 is 9.84 Å². The van der Waals surface area contributed by atoms with Crippen LogP contribution in [0.3, 0.4) is 0 Å². The van der Waals surface area contributed by atoms with Crippen LogP contribution in [0, 0.1) is 0 Å². The summed E-state index contributed by atoms with van der Waals surface area (Å²) in [5.74, 6) is 1.34. The number of hydrogen-bond acceptors (Lipinski definition) is 5. The highest BCUT2D eigenvalue weighted by Gasteiger charge is 2.07. The van der Waals surface area contributed by atoms with Crippen LogP contribution in [-0.4, -0.2) is 29.5 Å². The third-order valence-corrected chi connectivity index (χ3v) is 3.33. The molecule has 0 saturated carbocycles. The topological polar surface area (TPSA) is 51.0 Å². The molecule has 0 unspecified atom stereocenters. The first-order valence-corrected chi connectivity index (χ1v) is 7.23. The lowest BCUT2D eigenvalue weighted by Crippen LogP contribution is -2.16. The number of aromatic nitrogens is 2. The van der Waals surface area contributed by atoms with Crippen LogP contribution in [-0.2, 0) is 6.42 Å². The van der Waals surface area contributed by atoms with Gasteiger partial charge in [0.05, 0.1) is 0 Å². The number of rotatable bonds is 6. The molecule has 2 aromatic rings. The van der Waals surface area contributed by atoms with Crippen molar-refractivity contribution >= 4 is 11.8 Å². The van der Waals surface area contributed by atoms with E-state index < -0.39 is 0 Å². The van der Waals surface area contributed by atoms with Crippen molar-refractivity contribution in [3.05, 3.63) is 30.2 Å². The van der Waals surface area contributed by atoms with Crippen LogP contribution >= 0.6 is 11.8 Å². The molecule has 1 N–H and O–H groups in total. The van der Waals surface area contributed by atoms with Gasteiger partial charge in [-0.15, -0.1) is 11.8 Å². The average molecular weight is 263 g/mol. The number of likely N-dealkylation sites (N-methyl/N-ethyl adjacent to an activating group) is 1. The molecule has 2 rings (SSSR count). The summed E-state index contributed by atoms with van der Waals surface area (Å²) in [6.07, 6.45) is 2.83. The third kappa shape index (κ3) is 3.34. The van der Waals surface area contributed by atoms with Crippen LogP contribution < -0.4 is 5.32 Å². The molecule has 4 nitrogen and oxygen atoms in total. The number of nitrogens with zero attached hydrogens (tertiary/aromatic N) is 2. The summed E-state index contributed by atoms with van der Waals surface area (Å²) >= 11 is 1.72. The molecule has 0 atom stereocenters. The molecule has 1 aromatic heterocycles. The van der Waals surface area contributed by atoms with Gasteiger partial charge in [-0.05, 0) is 37.1 Å². The highest BCUT2D eigenvalue weighted by atomic mass is 32.2. The van der Waals surface area contributed by atoms with Gasteiger partial charge >= 0.3 is 0 Å². The van der Waals surface area contributed by atoms with Crippen molar-refractivity contribution in [2.45, 2.75) is 18.2 Å². The van der Waals surface area contributed by atoms with E-state index in [1.54, 1.807) is 11.8 Å². The minimum atomic E-state index is 0.661. The first kappa shape index (κ1) is 13.1. The average Bonchev–Trinajstić information content (AvgIpc) is 2.88. The molecule has 0 fully saturated rings. The van der Waals surface area contributed by atoms with Crippen molar-refractivity contribution in [2.75, 3.05) is 19.3 Å². The maximum atomic E-state index is 5.22. The fourth-order valence-corrected chi connectivity index (χ4v) is 1.99. The molecule has 0 spiro atoms. The van der Waals surface area contributed by atoms with E-state index in [0.717, 1.165) is 25.1 Å². The van der Waals surface area contributed by atoms with Crippen LogP contribution in [0.1, 0.15) is 12.8 Å². The van der Waals surface area contributed by atoms with E-state index >= 15 is 0 Å². The van der Waals surface area contributed by atoms with Gasteiger partial charge in [-0.2, -0.15) is 4.98 Å². The summed E-state index contributed by atoms with van der Waals surface area (Å²) in [6.45, 7) is 3.90. The Morgan fingerprint density at radius 3 is 2.72 bits per heavy atom. The number of hydrogen-bond donors (Lipinski definition) is 1. The molecular formula is C13H17N3OS. The summed E-state index contributed by atoms with van der Waals surface area (Å²) in [7, 11) is 0. The smallest absolute Gasteiger partial charge is 0.228 e. The molecule has 96 valence electrons. The Bertz CT molecular complexity index is 481. The van der Waals surface area contributed by atoms with Crippen LogP contribution in [0.5, 0.6) is 0 Å². The van der Waals surface area contributed by atoms with E-state index in [2.05, 4.69) is 40.8 Å². The maximum absolute atomic E-state index is 5.22. The van der Waals surface area contributed by atoms with Crippen LogP contribution in [0.25, 0.3) is 11.4 Å². The van der Waals surface area contributed by atoms with Crippen LogP contribution in [0.4, 0.5) is 0 Å². The molecule has 0 aliphatic carbocycles. The lowest BCUT2D eigenvalue weighted by molar-refractivity contribution is 0.377. The van der Waals surface area contributed by atoms with Crippen molar-refractivity contribution in [2.24, 2.45) is 0 Å². The second-order valence-corrected chi connectivity index (χ2v) is 4.72. The van der Waals surface area contributed by atoms with Crippen molar-refractivity contribution in [1.82, 2.24) is 15.5 Å². The molecule has 18 heavy (non-hydrogen) atoms. The summed E-state index contributed by atoms with van der Waals surface area (Å²) < 4.78 is 5.22. The van der Waals surface area contributed by atoms with E-state index in [4.69, 9.17) is 4.52 Å². The second-order valence-electron chi connectivity index (χ2n) is 3.84. The lowest BCUT2D eigenvalue weighted by atomic mass is 10.2. The highest BCUT2D eigenvalue weighted by molar-refractivity contribution is 7.98. The van der Waals surface area contributed by atoms with Gasteiger partial charge in [0.2, 0.25) is 11.7 Å². The summed E-state index contributed by atoms with van der Waals surface area (Å²) in [4.78, 5) is 5.61.